The number of ether oxygens (including phenoxy) is 3. The second-order valence-electron chi connectivity index (χ2n) is 8.87. The third-order valence-corrected chi connectivity index (χ3v) is 10.2. The van der Waals surface area contributed by atoms with Crippen LogP contribution in [0.1, 0.15) is 24.0 Å². The molecule has 38 heavy (non-hydrogen) atoms. The maximum Gasteiger partial charge on any atom is 0.243 e. The van der Waals surface area contributed by atoms with Gasteiger partial charge in [0.25, 0.3) is 0 Å². The van der Waals surface area contributed by atoms with E-state index >= 15 is 0 Å². The van der Waals surface area contributed by atoms with Gasteiger partial charge in [0, 0.05) is 26.2 Å². The van der Waals surface area contributed by atoms with Crippen molar-refractivity contribution in [2.75, 3.05) is 34.4 Å². The van der Waals surface area contributed by atoms with Crippen molar-refractivity contribution in [3.63, 3.8) is 0 Å². The van der Waals surface area contributed by atoms with E-state index in [9.17, 15) is 16.8 Å². The number of methoxy groups -OCH3 is 3. The number of nitrogens with zero attached hydrogens (tertiary/aromatic N) is 2. The van der Waals surface area contributed by atoms with Crippen molar-refractivity contribution in [1.82, 2.24) is 8.61 Å². The van der Waals surface area contributed by atoms with Crippen molar-refractivity contribution in [1.29, 1.82) is 0 Å². The number of hydrogen-bond donors (Lipinski definition) is 0. The first-order valence-electron chi connectivity index (χ1n) is 12.1. The average Bonchev–Trinajstić information content (AvgIpc) is 3.49. The van der Waals surface area contributed by atoms with E-state index in [2.05, 4.69) is 0 Å². The van der Waals surface area contributed by atoms with Gasteiger partial charge in [-0.15, -0.1) is 0 Å². The van der Waals surface area contributed by atoms with Gasteiger partial charge >= 0.3 is 0 Å². The van der Waals surface area contributed by atoms with Crippen molar-refractivity contribution in [3.05, 3.63) is 77.9 Å². The van der Waals surface area contributed by atoms with Crippen molar-refractivity contribution >= 4 is 20.0 Å². The predicted molar refractivity (Wildman–Crippen MR) is 143 cm³/mol. The summed E-state index contributed by atoms with van der Waals surface area (Å²) in [6.45, 7) is 1.07. The number of hydrogen-bond acceptors (Lipinski definition) is 7. The predicted octanol–water partition coefficient (Wildman–Crippen LogP) is 3.89. The van der Waals surface area contributed by atoms with E-state index in [1.165, 1.54) is 54.2 Å². The van der Waals surface area contributed by atoms with Crippen LogP contribution in [0.3, 0.4) is 0 Å². The fourth-order valence-corrected chi connectivity index (χ4v) is 7.39. The van der Waals surface area contributed by atoms with E-state index in [4.69, 9.17) is 14.2 Å². The molecular formula is C27H32N2O7S2. The largest absolute Gasteiger partial charge is 0.493 e. The van der Waals surface area contributed by atoms with Gasteiger partial charge in [-0.3, -0.25) is 0 Å². The Kier molecular flexibility index (Phi) is 8.61. The van der Waals surface area contributed by atoms with Gasteiger partial charge in [-0.05, 0) is 60.4 Å². The van der Waals surface area contributed by atoms with Crippen LogP contribution in [-0.4, -0.2) is 59.9 Å². The van der Waals surface area contributed by atoms with Crippen molar-refractivity contribution in [3.8, 4) is 17.2 Å². The monoisotopic (exact) mass is 560 g/mol. The molecule has 0 unspecified atom stereocenters. The van der Waals surface area contributed by atoms with E-state index in [1.54, 1.807) is 12.1 Å². The Bertz CT molecular complexity index is 1430. The highest BCUT2D eigenvalue weighted by Gasteiger charge is 2.30. The fourth-order valence-electron chi connectivity index (χ4n) is 4.45. The summed E-state index contributed by atoms with van der Waals surface area (Å²) in [6.07, 6.45) is 1.64. The zero-order valence-electron chi connectivity index (χ0n) is 21.7. The number of rotatable bonds is 11. The van der Waals surface area contributed by atoms with Gasteiger partial charge < -0.3 is 14.2 Å². The van der Waals surface area contributed by atoms with E-state index in [-0.39, 0.29) is 22.9 Å². The quantitative estimate of drug-likeness (QED) is 0.351. The lowest BCUT2D eigenvalue weighted by Crippen LogP contribution is -2.30. The molecule has 1 aliphatic rings. The second kappa shape index (κ2) is 11.7. The van der Waals surface area contributed by atoms with Gasteiger partial charge in [-0.25, -0.2) is 16.8 Å². The molecule has 9 nitrogen and oxygen atoms in total. The molecule has 3 aromatic carbocycles. The molecule has 0 radical (unpaired) electrons. The summed E-state index contributed by atoms with van der Waals surface area (Å²) in [5.74, 6) is 1.23. The minimum Gasteiger partial charge on any atom is -0.493 e. The van der Waals surface area contributed by atoms with Gasteiger partial charge in [-0.1, -0.05) is 30.3 Å². The Morgan fingerprint density at radius 3 is 1.76 bits per heavy atom. The smallest absolute Gasteiger partial charge is 0.243 e. The van der Waals surface area contributed by atoms with Gasteiger partial charge in [0.1, 0.15) is 0 Å². The number of benzene rings is 3. The minimum atomic E-state index is -4.02. The summed E-state index contributed by atoms with van der Waals surface area (Å²) in [6, 6.07) is 18.1. The SMILES string of the molecule is COc1cc(CN(Cc2ccccc2)S(=O)(=O)c2ccc(S(=O)(=O)N3CCCC3)cc2)cc(OC)c1OC. The summed E-state index contributed by atoms with van der Waals surface area (Å²) < 4.78 is 72.6. The Balaban J connectivity index is 1.70. The van der Waals surface area contributed by atoms with Gasteiger partial charge in [0.15, 0.2) is 11.5 Å². The molecule has 1 aliphatic heterocycles. The molecule has 1 saturated heterocycles. The lowest BCUT2D eigenvalue weighted by atomic mass is 10.1. The van der Waals surface area contributed by atoms with Crippen LogP contribution in [0, 0.1) is 0 Å². The second-order valence-corrected chi connectivity index (χ2v) is 12.8. The highest BCUT2D eigenvalue weighted by atomic mass is 32.2. The lowest BCUT2D eigenvalue weighted by molar-refractivity contribution is 0.322. The Morgan fingerprint density at radius 1 is 0.711 bits per heavy atom. The highest BCUT2D eigenvalue weighted by Crippen LogP contribution is 2.39. The molecule has 0 amide bonds. The summed E-state index contributed by atoms with van der Waals surface area (Å²) in [7, 11) is -3.18. The maximum atomic E-state index is 13.9. The summed E-state index contributed by atoms with van der Waals surface area (Å²) in [4.78, 5) is 0.0823. The minimum absolute atomic E-state index is 0.00115. The molecule has 3 aromatic rings. The molecule has 0 bridgehead atoms. The first-order valence-corrected chi connectivity index (χ1v) is 15.0. The van der Waals surface area contributed by atoms with Gasteiger partial charge in [-0.2, -0.15) is 8.61 Å². The summed E-state index contributed by atoms with van der Waals surface area (Å²) in [5, 5.41) is 0. The molecule has 0 aromatic heterocycles. The highest BCUT2D eigenvalue weighted by molar-refractivity contribution is 7.89. The molecule has 11 heteroatoms. The van der Waals surface area contributed by atoms with Gasteiger partial charge in [0.05, 0.1) is 31.1 Å². The van der Waals surface area contributed by atoms with E-state index in [1.807, 2.05) is 30.3 Å². The Labute approximate surface area is 224 Å². The van der Waals surface area contributed by atoms with E-state index in [0.717, 1.165) is 18.4 Å². The first-order chi connectivity index (χ1) is 18.2. The number of sulfonamides is 2. The molecular weight excluding hydrogens is 528 g/mol. The van der Waals surface area contributed by atoms with Crippen LogP contribution in [0.2, 0.25) is 0 Å². The standard InChI is InChI=1S/C27H32N2O7S2/c1-34-25-17-22(18-26(35-2)27(25)36-3)20-29(19-21-9-5-4-6-10-21)38(32,33)24-13-11-23(12-14-24)37(30,31)28-15-7-8-16-28/h4-6,9-14,17-18H,7-8,15-16,19-20H2,1-3H3. The first kappa shape index (κ1) is 27.9. The lowest BCUT2D eigenvalue weighted by Gasteiger charge is -2.24. The van der Waals surface area contributed by atoms with Crippen molar-refractivity contribution in [2.24, 2.45) is 0 Å². The zero-order chi connectivity index (χ0) is 27.3. The van der Waals surface area contributed by atoms with Crippen LogP contribution in [0.5, 0.6) is 17.2 Å². The molecule has 0 atom stereocenters. The molecule has 1 heterocycles. The topological polar surface area (TPSA) is 102 Å². The third kappa shape index (κ3) is 5.80. The van der Waals surface area contributed by atoms with Gasteiger partial charge in [0.2, 0.25) is 25.8 Å². The van der Waals surface area contributed by atoms with Crippen molar-refractivity contribution in [2.45, 2.75) is 35.7 Å². The molecule has 0 spiro atoms. The molecule has 0 saturated carbocycles. The van der Waals surface area contributed by atoms with Crippen LogP contribution in [-0.2, 0) is 33.1 Å². The Morgan fingerprint density at radius 2 is 1.24 bits per heavy atom. The maximum absolute atomic E-state index is 13.9. The molecule has 204 valence electrons. The fraction of sp³-hybridized carbons (Fsp3) is 0.333. The van der Waals surface area contributed by atoms with Crippen LogP contribution in [0.15, 0.2) is 76.5 Å². The van der Waals surface area contributed by atoms with Crippen LogP contribution >= 0.6 is 0 Å². The summed E-state index contributed by atoms with van der Waals surface area (Å²) in [5.41, 5.74) is 1.43. The zero-order valence-corrected chi connectivity index (χ0v) is 23.3. The van der Waals surface area contributed by atoms with E-state index in [0.29, 0.717) is 35.9 Å². The average molecular weight is 561 g/mol. The molecule has 0 N–H and O–H groups in total. The molecule has 1 fully saturated rings. The normalized spacial score (nSPS) is 14.5. The molecule has 0 aliphatic carbocycles. The summed E-state index contributed by atoms with van der Waals surface area (Å²) >= 11 is 0. The van der Waals surface area contributed by atoms with Crippen LogP contribution in [0.4, 0.5) is 0 Å². The van der Waals surface area contributed by atoms with Crippen molar-refractivity contribution < 1.29 is 31.0 Å². The van der Waals surface area contributed by atoms with E-state index < -0.39 is 20.0 Å². The van der Waals surface area contributed by atoms with Crippen LogP contribution in [0.25, 0.3) is 0 Å². The van der Waals surface area contributed by atoms with Crippen LogP contribution < -0.4 is 14.2 Å². The Hall–Kier alpha value is -3.12. The molecule has 4 rings (SSSR count). The third-order valence-electron chi connectivity index (χ3n) is 6.45.